The van der Waals surface area contributed by atoms with E-state index in [2.05, 4.69) is 27.8 Å². The monoisotopic (exact) mass is 477 g/mol. The van der Waals surface area contributed by atoms with Gasteiger partial charge in [0.1, 0.15) is 0 Å². The lowest BCUT2D eigenvalue weighted by Gasteiger charge is -2.23. The van der Waals surface area contributed by atoms with E-state index in [0.717, 1.165) is 12.8 Å². The van der Waals surface area contributed by atoms with Gasteiger partial charge in [-0.3, -0.25) is 23.7 Å². The number of hydrogen-bond donors (Lipinski definition) is 3. The van der Waals surface area contributed by atoms with E-state index in [1.165, 1.54) is 22.1 Å². The van der Waals surface area contributed by atoms with E-state index in [0.29, 0.717) is 38.2 Å². The second-order valence-electron chi connectivity index (χ2n) is 8.87. The first-order chi connectivity index (χ1) is 17.0. The van der Waals surface area contributed by atoms with Crippen molar-refractivity contribution in [2.45, 2.75) is 38.1 Å². The summed E-state index contributed by atoms with van der Waals surface area (Å²) in [5.41, 5.74) is 1.52. The van der Waals surface area contributed by atoms with E-state index in [4.69, 9.17) is 0 Å². The third kappa shape index (κ3) is 6.66. The van der Waals surface area contributed by atoms with Crippen molar-refractivity contribution in [3.8, 4) is 5.75 Å². The van der Waals surface area contributed by atoms with E-state index in [1.54, 1.807) is 12.3 Å². The Hall–Kier alpha value is -3.72. The Bertz CT molecular complexity index is 1230. The Morgan fingerprint density at radius 1 is 0.971 bits per heavy atom. The summed E-state index contributed by atoms with van der Waals surface area (Å²) in [6.45, 7) is 1.97. The van der Waals surface area contributed by atoms with Gasteiger partial charge < -0.3 is 15.7 Å². The van der Waals surface area contributed by atoms with Crippen LogP contribution in [-0.2, 0) is 16.1 Å². The fourth-order valence-electron chi connectivity index (χ4n) is 4.45. The third-order valence-corrected chi connectivity index (χ3v) is 6.26. The van der Waals surface area contributed by atoms with Gasteiger partial charge in [-0.1, -0.05) is 30.3 Å². The molecule has 1 unspecified atom stereocenters. The molecule has 1 atom stereocenters. The summed E-state index contributed by atoms with van der Waals surface area (Å²) >= 11 is 0. The van der Waals surface area contributed by atoms with Crippen LogP contribution in [-0.4, -0.2) is 57.4 Å². The van der Waals surface area contributed by atoms with E-state index < -0.39 is 0 Å². The lowest BCUT2D eigenvalue weighted by Crippen LogP contribution is -2.39. The summed E-state index contributed by atoms with van der Waals surface area (Å²) in [6.07, 6.45) is 4.11. The maximum Gasteiger partial charge on any atom is 0.258 e. The summed E-state index contributed by atoms with van der Waals surface area (Å²) in [4.78, 5) is 43.9. The van der Waals surface area contributed by atoms with Crippen LogP contribution in [0.15, 0.2) is 59.5 Å². The molecule has 1 saturated heterocycles. The Kier molecular flexibility index (Phi) is 8.10. The smallest absolute Gasteiger partial charge is 0.258 e. The van der Waals surface area contributed by atoms with E-state index in [-0.39, 0.29) is 47.8 Å². The highest BCUT2D eigenvalue weighted by atomic mass is 16.3. The number of carbonyl (C=O) groups excluding carboxylic acids is 2. The van der Waals surface area contributed by atoms with Crippen LogP contribution in [0.5, 0.6) is 5.75 Å². The zero-order valence-electron chi connectivity index (χ0n) is 19.7. The molecule has 2 aromatic heterocycles. The van der Waals surface area contributed by atoms with Crippen LogP contribution in [0.25, 0.3) is 5.65 Å². The van der Waals surface area contributed by atoms with Gasteiger partial charge in [0, 0.05) is 44.9 Å². The molecule has 4 rings (SSSR count). The lowest BCUT2D eigenvalue weighted by atomic mass is 9.91. The predicted molar refractivity (Wildman–Crippen MR) is 132 cm³/mol. The number of nitrogens with zero attached hydrogens (tertiary/aromatic N) is 3. The van der Waals surface area contributed by atoms with Gasteiger partial charge in [-0.25, -0.2) is 4.98 Å². The van der Waals surface area contributed by atoms with Gasteiger partial charge in [-0.2, -0.15) is 0 Å². The van der Waals surface area contributed by atoms with Gasteiger partial charge in [0.05, 0.1) is 12.2 Å². The highest BCUT2D eigenvalue weighted by Crippen LogP contribution is 2.24. The molecule has 0 aliphatic carbocycles. The topological polar surface area (TPSA) is 116 Å². The standard InChI is InChI=1S/C26H31N5O4/c32-22-8-4-15-31-25(35)16-21(29-26(22)31)17-30-14-5-12-27-23(33)10-9-20(11-13-28-24(34)18-30)19-6-2-1-3-7-19/h1-4,6-8,15-16,20,32H,5,9-14,17-18H2,(H,27,33)(H,28,34). The Labute approximate surface area is 203 Å². The fourth-order valence-corrected chi connectivity index (χ4v) is 4.45. The lowest BCUT2D eigenvalue weighted by molar-refractivity contribution is -0.123. The highest BCUT2D eigenvalue weighted by Gasteiger charge is 2.17. The Morgan fingerprint density at radius 2 is 1.77 bits per heavy atom. The summed E-state index contributed by atoms with van der Waals surface area (Å²) in [6, 6.07) is 14.5. The highest BCUT2D eigenvalue weighted by molar-refractivity contribution is 5.78. The SMILES string of the molecule is O=C1CCC(c2ccccc2)CCNC(=O)CN(Cc2cc(=O)n3cccc(O)c3n2)CCCN1. The van der Waals surface area contributed by atoms with Crippen LogP contribution in [0.2, 0.25) is 0 Å². The Morgan fingerprint density at radius 3 is 2.60 bits per heavy atom. The second kappa shape index (κ2) is 11.6. The average molecular weight is 478 g/mol. The quantitative estimate of drug-likeness (QED) is 0.530. The van der Waals surface area contributed by atoms with E-state index in [1.807, 2.05) is 23.1 Å². The number of hydrogen-bond acceptors (Lipinski definition) is 6. The first-order valence-corrected chi connectivity index (χ1v) is 12.0. The fraction of sp³-hybridized carbons (Fsp3) is 0.385. The molecule has 0 radical (unpaired) electrons. The molecule has 1 aliphatic rings. The van der Waals surface area contributed by atoms with Crippen molar-refractivity contribution in [2.24, 2.45) is 0 Å². The first-order valence-electron chi connectivity index (χ1n) is 12.0. The molecule has 1 aliphatic heterocycles. The number of nitrogens with one attached hydrogen (secondary N) is 2. The average Bonchev–Trinajstić information content (AvgIpc) is 2.84. The van der Waals surface area contributed by atoms with Crippen molar-refractivity contribution in [3.05, 3.63) is 76.3 Å². The number of aromatic hydroxyl groups is 1. The first kappa shape index (κ1) is 24.4. The number of fused-ring (bicyclic) bond motifs is 1. The van der Waals surface area contributed by atoms with Gasteiger partial charge in [0.15, 0.2) is 11.4 Å². The minimum atomic E-state index is -0.299. The normalized spacial score (nSPS) is 19.0. The number of carbonyl (C=O) groups is 2. The van der Waals surface area contributed by atoms with Crippen molar-refractivity contribution in [3.63, 3.8) is 0 Å². The maximum atomic E-state index is 12.7. The molecule has 9 nitrogen and oxygen atoms in total. The van der Waals surface area contributed by atoms with Gasteiger partial charge in [0.25, 0.3) is 5.56 Å². The molecule has 9 heteroatoms. The number of amides is 2. The summed E-state index contributed by atoms with van der Waals surface area (Å²) in [7, 11) is 0. The zero-order valence-corrected chi connectivity index (χ0v) is 19.7. The number of pyridine rings is 1. The van der Waals surface area contributed by atoms with E-state index in [9.17, 15) is 19.5 Å². The molecule has 3 N–H and O–H groups in total. The molecule has 3 aromatic rings. The predicted octanol–water partition coefficient (Wildman–Crippen LogP) is 1.79. The van der Waals surface area contributed by atoms with Crippen molar-refractivity contribution in [2.75, 3.05) is 26.2 Å². The van der Waals surface area contributed by atoms with Gasteiger partial charge in [-0.05, 0) is 42.9 Å². The van der Waals surface area contributed by atoms with Crippen molar-refractivity contribution in [1.82, 2.24) is 24.9 Å². The van der Waals surface area contributed by atoms with Crippen LogP contribution in [0.4, 0.5) is 0 Å². The Balaban J connectivity index is 1.47. The second-order valence-corrected chi connectivity index (χ2v) is 8.87. The van der Waals surface area contributed by atoms with Crippen LogP contribution in [0, 0.1) is 0 Å². The number of benzene rings is 1. The molecule has 3 heterocycles. The minimum absolute atomic E-state index is 0.0262. The van der Waals surface area contributed by atoms with Crippen LogP contribution in [0.3, 0.4) is 0 Å². The van der Waals surface area contributed by atoms with Gasteiger partial charge in [0.2, 0.25) is 11.8 Å². The van der Waals surface area contributed by atoms with Crippen molar-refractivity contribution < 1.29 is 14.7 Å². The summed E-state index contributed by atoms with van der Waals surface area (Å²) < 4.78 is 1.28. The molecule has 1 aromatic carbocycles. The minimum Gasteiger partial charge on any atom is -0.504 e. The van der Waals surface area contributed by atoms with Crippen LogP contribution >= 0.6 is 0 Å². The molecule has 2 amide bonds. The van der Waals surface area contributed by atoms with Crippen LogP contribution < -0.4 is 16.2 Å². The molecule has 184 valence electrons. The van der Waals surface area contributed by atoms with E-state index >= 15 is 0 Å². The summed E-state index contributed by atoms with van der Waals surface area (Å²) in [5.74, 6) is 0.0289. The number of rotatable bonds is 3. The van der Waals surface area contributed by atoms with Gasteiger partial charge in [-0.15, -0.1) is 0 Å². The van der Waals surface area contributed by atoms with Gasteiger partial charge >= 0.3 is 0 Å². The molecule has 0 bridgehead atoms. The number of aromatic nitrogens is 2. The zero-order chi connectivity index (χ0) is 24.6. The van der Waals surface area contributed by atoms with Crippen molar-refractivity contribution >= 4 is 17.5 Å². The molecule has 1 fully saturated rings. The molecule has 0 spiro atoms. The summed E-state index contributed by atoms with van der Waals surface area (Å²) in [5, 5.41) is 16.1. The third-order valence-electron chi connectivity index (χ3n) is 6.26. The van der Waals surface area contributed by atoms with Crippen molar-refractivity contribution in [1.29, 1.82) is 0 Å². The molecule has 35 heavy (non-hydrogen) atoms. The maximum absolute atomic E-state index is 12.7. The largest absolute Gasteiger partial charge is 0.504 e. The molecule has 0 saturated carbocycles. The van der Waals surface area contributed by atoms with Crippen LogP contribution in [0.1, 0.15) is 42.9 Å². The molecular weight excluding hydrogens is 446 g/mol. The molecular formula is C26H31N5O4.